The number of hydrogen-bond donors (Lipinski definition) is 0. The molecule has 1 amide bonds. The number of aryl methyl sites for hydroxylation is 1. The zero-order valence-electron chi connectivity index (χ0n) is 14.5. The van der Waals surface area contributed by atoms with Gasteiger partial charge in [-0.15, -0.1) is 0 Å². The topological polar surface area (TPSA) is 54.3 Å². The largest absolute Gasteiger partial charge is 0.311 e. The van der Waals surface area contributed by atoms with Gasteiger partial charge in [0.25, 0.3) is 0 Å². The van der Waals surface area contributed by atoms with Crippen molar-refractivity contribution in [3.8, 4) is 0 Å². The van der Waals surface area contributed by atoms with Gasteiger partial charge in [-0.25, -0.2) is 4.98 Å². The lowest BCUT2D eigenvalue weighted by Gasteiger charge is -2.37. The second-order valence-corrected chi connectivity index (χ2v) is 7.02. The summed E-state index contributed by atoms with van der Waals surface area (Å²) in [6.07, 6.45) is 8.94. The first-order chi connectivity index (χ1) is 12.3. The van der Waals surface area contributed by atoms with Crippen molar-refractivity contribution in [1.82, 2.24) is 19.7 Å². The first kappa shape index (κ1) is 16.3. The Bertz CT molecular complexity index is 714. The standard InChI is InChI=1S/C19H25N5O/c25-19(24-11-5-7-16-6-1-2-9-18(16)24)13-22-10-4-3-8-17(22)12-23-15-20-14-21-23/h1-2,6,9,14-15,17H,3-5,7-8,10-13H2/t17-/m1/s1. The van der Waals surface area contributed by atoms with Crippen LogP contribution in [0.3, 0.4) is 0 Å². The number of carbonyl (C=O) groups excluding carboxylic acids is 1. The van der Waals surface area contributed by atoms with Gasteiger partial charge in [0.1, 0.15) is 12.7 Å². The van der Waals surface area contributed by atoms with Gasteiger partial charge in [-0.3, -0.25) is 14.4 Å². The molecule has 0 bridgehead atoms. The highest BCUT2D eigenvalue weighted by Crippen LogP contribution is 2.27. The van der Waals surface area contributed by atoms with Gasteiger partial charge in [0.15, 0.2) is 0 Å². The molecule has 0 saturated carbocycles. The van der Waals surface area contributed by atoms with E-state index < -0.39 is 0 Å². The van der Waals surface area contributed by atoms with Crippen molar-refractivity contribution in [3.05, 3.63) is 42.5 Å². The van der Waals surface area contributed by atoms with Crippen LogP contribution in [0.15, 0.2) is 36.9 Å². The molecule has 25 heavy (non-hydrogen) atoms. The van der Waals surface area contributed by atoms with Crippen molar-refractivity contribution in [1.29, 1.82) is 0 Å². The van der Waals surface area contributed by atoms with Crippen LogP contribution in [-0.4, -0.2) is 51.2 Å². The van der Waals surface area contributed by atoms with E-state index in [-0.39, 0.29) is 5.91 Å². The minimum absolute atomic E-state index is 0.220. The van der Waals surface area contributed by atoms with Crippen molar-refractivity contribution >= 4 is 11.6 Å². The summed E-state index contributed by atoms with van der Waals surface area (Å²) in [6, 6.07) is 8.67. The van der Waals surface area contributed by atoms with E-state index in [2.05, 4.69) is 33.2 Å². The van der Waals surface area contributed by atoms with Gasteiger partial charge in [-0.05, 0) is 43.9 Å². The Morgan fingerprint density at radius 2 is 2.08 bits per heavy atom. The SMILES string of the molecule is O=C(CN1CCCC[C@@H]1Cn1cncn1)N1CCCc2ccccc21. The van der Waals surface area contributed by atoms with Crippen LogP contribution in [0.4, 0.5) is 5.69 Å². The number of carbonyl (C=O) groups is 1. The maximum atomic E-state index is 13.0. The van der Waals surface area contributed by atoms with E-state index in [1.807, 2.05) is 15.6 Å². The van der Waals surface area contributed by atoms with Crippen LogP contribution in [0.5, 0.6) is 0 Å². The number of fused-ring (bicyclic) bond motifs is 1. The highest BCUT2D eigenvalue weighted by molar-refractivity contribution is 5.96. The van der Waals surface area contributed by atoms with E-state index >= 15 is 0 Å². The number of amides is 1. The smallest absolute Gasteiger partial charge is 0.241 e. The van der Waals surface area contributed by atoms with Gasteiger partial charge in [0, 0.05) is 18.3 Å². The lowest BCUT2D eigenvalue weighted by molar-refractivity contribution is -0.120. The van der Waals surface area contributed by atoms with Crippen molar-refractivity contribution < 1.29 is 4.79 Å². The van der Waals surface area contributed by atoms with Gasteiger partial charge >= 0.3 is 0 Å². The van der Waals surface area contributed by atoms with Gasteiger partial charge in [0.05, 0.1) is 13.1 Å². The fourth-order valence-corrected chi connectivity index (χ4v) is 4.07. The van der Waals surface area contributed by atoms with Crippen LogP contribution >= 0.6 is 0 Å². The Hall–Kier alpha value is -2.21. The van der Waals surface area contributed by atoms with Crippen molar-refractivity contribution in [2.45, 2.75) is 44.7 Å². The number of piperidine rings is 1. The molecule has 2 aliphatic heterocycles. The van der Waals surface area contributed by atoms with Crippen molar-refractivity contribution in [2.75, 3.05) is 24.5 Å². The van der Waals surface area contributed by atoms with Gasteiger partial charge in [-0.1, -0.05) is 24.6 Å². The summed E-state index contributed by atoms with van der Waals surface area (Å²) in [6.45, 7) is 3.12. The molecule has 2 aliphatic rings. The lowest BCUT2D eigenvalue weighted by atomic mass is 10.0. The molecule has 6 heteroatoms. The first-order valence-corrected chi connectivity index (χ1v) is 9.26. The molecular weight excluding hydrogens is 314 g/mol. The van der Waals surface area contributed by atoms with Crippen LogP contribution in [0, 0.1) is 0 Å². The highest BCUT2D eigenvalue weighted by atomic mass is 16.2. The molecule has 1 aromatic heterocycles. The summed E-state index contributed by atoms with van der Waals surface area (Å²) in [5, 5.41) is 4.23. The second kappa shape index (κ2) is 7.35. The molecule has 132 valence electrons. The fraction of sp³-hybridized carbons (Fsp3) is 0.526. The molecule has 1 atom stereocenters. The van der Waals surface area contributed by atoms with Crippen LogP contribution in [0.2, 0.25) is 0 Å². The summed E-state index contributed by atoms with van der Waals surface area (Å²) in [7, 11) is 0. The van der Waals surface area contributed by atoms with Gasteiger partial charge < -0.3 is 4.90 Å². The highest BCUT2D eigenvalue weighted by Gasteiger charge is 2.28. The second-order valence-electron chi connectivity index (χ2n) is 7.02. The molecular formula is C19H25N5O. The molecule has 1 fully saturated rings. The number of aromatic nitrogens is 3. The minimum atomic E-state index is 0.220. The Balaban J connectivity index is 1.46. The summed E-state index contributed by atoms with van der Waals surface area (Å²) < 4.78 is 1.88. The van der Waals surface area contributed by atoms with E-state index in [1.54, 1.807) is 12.7 Å². The summed E-state index contributed by atoms with van der Waals surface area (Å²) in [5.74, 6) is 0.220. The average molecular weight is 339 g/mol. The third kappa shape index (κ3) is 3.58. The molecule has 0 radical (unpaired) electrons. The Morgan fingerprint density at radius 1 is 1.16 bits per heavy atom. The molecule has 6 nitrogen and oxygen atoms in total. The van der Waals surface area contributed by atoms with Crippen LogP contribution < -0.4 is 4.90 Å². The monoisotopic (exact) mass is 339 g/mol. The quantitative estimate of drug-likeness (QED) is 0.856. The normalized spacial score (nSPS) is 21.1. The van der Waals surface area contributed by atoms with E-state index in [9.17, 15) is 4.79 Å². The number of hydrogen-bond acceptors (Lipinski definition) is 4. The Kier molecular flexibility index (Phi) is 4.78. The lowest BCUT2D eigenvalue weighted by Crippen LogP contribution is -2.49. The third-order valence-corrected chi connectivity index (χ3v) is 5.36. The van der Waals surface area contributed by atoms with Crippen LogP contribution in [0.25, 0.3) is 0 Å². The summed E-state index contributed by atoms with van der Waals surface area (Å²) in [4.78, 5) is 21.4. The molecule has 0 N–H and O–H groups in total. The minimum Gasteiger partial charge on any atom is -0.311 e. The maximum Gasteiger partial charge on any atom is 0.241 e. The van der Waals surface area contributed by atoms with E-state index in [1.165, 1.54) is 12.0 Å². The zero-order chi connectivity index (χ0) is 17.1. The maximum absolute atomic E-state index is 13.0. The van der Waals surface area contributed by atoms with E-state index in [0.717, 1.165) is 51.0 Å². The molecule has 1 saturated heterocycles. The molecule has 3 heterocycles. The molecule has 0 spiro atoms. The predicted octanol–water partition coefficient (Wildman–Crippen LogP) is 2.11. The van der Waals surface area contributed by atoms with Crippen LogP contribution in [0.1, 0.15) is 31.2 Å². The fourth-order valence-electron chi connectivity index (χ4n) is 4.07. The average Bonchev–Trinajstić information content (AvgIpc) is 3.16. The van der Waals surface area contributed by atoms with E-state index in [4.69, 9.17) is 0 Å². The predicted molar refractivity (Wildman–Crippen MR) is 96.4 cm³/mol. The zero-order valence-corrected chi connectivity index (χ0v) is 14.5. The van der Waals surface area contributed by atoms with E-state index in [0.29, 0.717) is 12.6 Å². The molecule has 0 aliphatic carbocycles. The molecule has 0 unspecified atom stereocenters. The number of rotatable bonds is 4. The molecule has 1 aromatic carbocycles. The summed E-state index contributed by atoms with van der Waals surface area (Å²) >= 11 is 0. The number of para-hydroxylation sites is 1. The van der Waals surface area contributed by atoms with Crippen LogP contribution in [-0.2, 0) is 17.8 Å². The number of benzene rings is 1. The first-order valence-electron chi connectivity index (χ1n) is 9.26. The number of likely N-dealkylation sites (tertiary alicyclic amines) is 1. The van der Waals surface area contributed by atoms with Crippen molar-refractivity contribution in [2.24, 2.45) is 0 Å². The molecule has 4 rings (SSSR count). The van der Waals surface area contributed by atoms with Gasteiger partial charge in [0.2, 0.25) is 5.91 Å². The third-order valence-electron chi connectivity index (χ3n) is 5.36. The van der Waals surface area contributed by atoms with Crippen molar-refractivity contribution in [3.63, 3.8) is 0 Å². The molecule has 2 aromatic rings. The Morgan fingerprint density at radius 3 is 2.96 bits per heavy atom. The number of nitrogens with zero attached hydrogens (tertiary/aromatic N) is 5. The Labute approximate surface area is 148 Å². The number of anilines is 1. The summed E-state index contributed by atoms with van der Waals surface area (Å²) in [5.41, 5.74) is 2.39. The van der Waals surface area contributed by atoms with Gasteiger partial charge in [-0.2, -0.15) is 5.10 Å².